The molecule has 0 bridgehead atoms. The van der Waals surface area contributed by atoms with Crippen molar-refractivity contribution in [3.05, 3.63) is 61.6 Å². The number of halogens is 2. The van der Waals surface area contributed by atoms with Crippen LogP contribution in [0.4, 0.5) is 17.1 Å². The third-order valence-corrected chi connectivity index (χ3v) is 4.56. The molecule has 0 saturated carbocycles. The zero-order valence-electron chi connectivity index (χ0n) is 13.0. The van der Waals surface area contributed by atoms with Gasteiger partial charge in [0.15, 0.2) is 0 Å². The number of carbonyl (C=O) groups is 1. The fraction of sp³-hybridized carbons (Fsp3) is 0.188. The number of non-ortho nitro benzene ring substituents is 1. The van der Waals surface area contributed by atoms with Gasteiger partial charge in [-0.15, -0.1) is 0 Å². The van der Waals surface area contributed by atoms with Crippen LogP contribution in [0.1, 0.15) is 12.5 Å². The molecular formula is C16H15BrClN3O3. The molecule has 0 aliphatic carbocycles. The molecule has 126 valence electrons. The zero-order chi connectivity index (χ0) is 17.9. The van der Waals surface area contributed by atoms with E-state index in [-0.39, 0.29) is 16.6 Å². The first-order valence-electron chi connectivity index (χ1n) is 7.05. The number of nitrogens with zero attached hydrogens (tertiary/aromatic N) is 1. The van der Waals surface area contributed by atoms with Gasteiger partial charge in [0, 0.05) is 22.3 Å². The molecule has 2 N–H and O–H groups in total. The van der Waals surface area contributed by atoms with E-state index in [2.05, 4.69) is 26.6 Å². The van der Waals surface area contributed by atoms with Crippen molar-refractivity contribution in [1.82, 2.24) is 0 Å². The van der Waals surface area contributed by atoms with Crippen molar-refractivity contribution >= 4 is 50.5 Å². The van der Waals surface area contributed by atoms with E-state index in [9.17, 15) is 14.9 Å². The monoisotopic (exact) mass is 411 g/mol. The van der Waals surface area contributed by atoms with Crippen molar-refractivity contribution in [1.29, 1.82) is 0 Å². The van der Waals surface area contributed by atoms with E-state index >= 15 is 0 Å². The van der Waals surface area contributed by atoms with Crippen molar-refractivity contribution in [2.45, 2.75) is 19.9 Å². The van der Waals surface area contributed by atoms with Crippen molar-refractivity contribution in [3.63, 3.8) is 0 Å². The lowest BCUT2D eigenvalue weighted by molar-refractivity contribution is -0.384. The Morgan fingerprint density at radius 2 is 2.00 bits per heavy atom. The Kier molecular flexibility index (Phi) is 5.80. The van der Waals surface area contributed by atoms with E-state index in [1.165, 1.54) is 18.2 Å². The van der Waals surface area contributed by atoms with E-state index in [0.717, 1.165) is 15.7 Å². The van der Waals surface area contributed by atoms with Crippen LogP contribution in [-0.2, 0) is 4.79 Å². The molecule has 0 radical (unpaired) electrons. The van der Waals surface area contributed by atoms with Gasteiger partial charge in [-0.3, -0.25) is 14.9 Å². The van der Waals surface area contributed by atoms with Crippen LogP contribution in [0.3, 0.4) is 0 Å². The third kappa shape index (κ3) is 4.46. The van der Waals surface area contributed by atoms with E-state index < -0.39 is 11.0 Å². The number of carbonyl (C=O) groups excluding carboxylic acids is 1. The highest BCUT2D eigenvalue weighted by Crippen LogP contribution is 2.27. The molecule has 0 aliphatic rings. The summed E-state index contributed by atoms with van der Waals surface area (Å²) in [6.45, 7) is 3.67. The highest BCUT2D eigenvalue weighted by atomic mass is 79.9. The molecule has 0 fully saturated rings. The summed E-state index contributed by atoms with van der Waals surface area (Å²) in [5.74, 6) is -0.300. The normalized spacial score (nSPS) is 11.7. The molecule has 1 amide bonds. The van der Waals surface area contributed by atoms with Crippen molar-refractivity contribution in [2.75, 3.05) is 10.6 Å². The first-order valence-corrected chi connectivity index (χ1v) is 8.22. The minimum Gasteiger partial charge on any atom is -0.374 e. The second kappa shape index (κ2) is 7.63. The minimum absolute atomic E-state index is 0.115. The molecule has 2 aromatic rings. The Labute approximate surface area is 152 Å². The summed E-state index contributed by atoms with van der Waals surface area (Å²) in [5.41, 5.74) is 2.06. The van der Waals surface area contributed by atoms with E-state index in [0.29, 0.717) is 5.69 Å². The molecule has 2 aromatic carbocycles. The van der Waals surface area contributed by atoms with Crippen molar-refractivity contribution in [3.8, 4) is 0 Å². The van der Waals surface area contributed by atoms with E-state index in [1.807, 2.05) is 25.1 Å². The lowest BCUT2D eigenvalue weighted by atomic mass is 10.2. The number of hydrogen-bond acceptors (Lipinski definition) is 4. The first-order chi connectivity index (χ1) is 11.3. The smallest absolute Gasteiger partial charge is 0.271 e. The van der Waals surface area contributed by atoms with Gasteiger partial charge in [0.25, 0.3) is 5.69 Å². The van der Waals surface area contributed by atoms with Gasteiger partial charge in [0.2, 0.25) is 5.91 Å². The van der Waals surface area contributed by atoms with Crippen LogP contribution in [0.2, 0.25) is 5.02 Å². The van der Waals surface area contributed by atoms with Gasteiger partial charge >= 0.3 is 0 Å². The topological polar surface area (TPSA) is 84.3 Å². The maximum atomic E-state index is 12.3. The fourth-order valence-corrected chi connectivity index (χ4v) is 2.48. The van der Waals surface area contributed by atoms with Gasteiger partial charge in [-0.2, -0.15) is 0 Å². The quantitative estimate of drug-likeness (QED) is 0.548. The Bertz CT molecular complexity index is 798. The molecule has 0 spiro atoms. The van der Waals surface area contributed by atoms with Crippen molar-refractivity contribution < 1.29 is 9.72 Å². The molecular weight excluding hydrogens is 398 g/mol. The zero-order valence-corrected chi connectivity index (χ0v) is 15.3. The minimum atomic E-state index is -0.544. The molecule has 0 aromatic heterocycles. The number of rotatable bonds is 5. The number of benzene rings is 2. The molecule has 0 aliphatic heterocycles. The molecule has 8 heteroatoms. The third-order valence-electron chi connectivity index (χ3n) is 3.36. The summed E-state index contributed by atoms with van der Waals surface area (Å²) >= 11 is 9.40. The van der Waals surface area contributed by atoms with Crippen LogP contribution in [0.5, 0.6) is 0 Å². The Balaban J connectivity index is 2.06. The summed E-state index contributed by atoms with van der Waals surface area (Å²) in [7, 11) is 0. The number of nitro benzene ring substituents is 1. The van der Waals surface area contributed by atoms with Gasteiger partial charge in [0.1, 0.15) is 6.04 Å². The van der Waals surface area contributed by atoms with Crippen molar-refractivity contribution in [2.24, 2.45) is 0 Å². The highest BCUT2D eigenvalue weighted by Gasteiger charge is 2.16. The van der Waals surface area contributed by atoms with Gasteiger partial charge in [-0.1, -0.05) is 27.5 Å². The number of nitro groups is 1. The summed E-state index contributed by atoms with van der Waals surface area (Å²) in [6, 6.07) is 9.07. The van der Waals surface area contributed by atoms with E-state index in [1.54, 1.807) is 6.92 Å². The maximum Gasteiger partial charge on any atom is 0.271 e. The number of nitrogens with one attached hydrogen (secondary N) is 2. The van der Waals surface area contributed by atoms with Crippen LogP contribution in [-0.4, -0.2) is 16.9 Å². The number of aryl methyl sites for hydroxylation is 1. The second-order valence-electron chi connectivity index (χ2n) is 5.24. The summed E-state index contributed by atoms with van der Waals surface area (Å²) in [6.07, 6.45) is 0. The van der Waals surface area contributed by atoms with Gasteiger partial charge in [-0.05, 0) is 43.7 Å². The summed E-state index contributed by atoms with van der Waals surface area (Å²) in [5, 5.41) is 16.6. The lowest BCUT2D eigenvalue weighted by Gasteiger charge is -2.16. The largest absolute Gasteiger partial charge is 0.374 e. The summed E-state index contributed by atoms with van der Waals surface area (Å²) in [4.78, 5) is 22.4. The Morgan fingerprint density at radius 3 is 2.58 bits per heavy atom. The Hall–Kier alpha value is -2.12. The van der Waals surface area contributed by atoms with Gasteiger partial charge < -0.3 is 10.6 Å². The van der Waals surface area contributed by atoms with Gasteiger partial charge in [-0.25, -0.2) is 0 Å². The molecule has 24 heavy (non-hydrogen) atoms. The number of hydrogen-bond donors (Lipinski definition) is 2. The van der Waals surface area contributed by atoms with Crippen LogP contribution in [0.15, 0.2) is 40.9 Å². The predicted molar refractivity (Wildman–Crippen MR) is 98.7 cm³/mol. The highest BCUT2D eigenvalue weighted by molar-refractivity contribution is 9.10. The van der Waals surface area contributed by atoms with E-state index in [4.69, 9.17) is 11.6 Å². The Morgan fingerprint density at radius 1 is 1.29 bits per heavy atom. The van der Waals surface area contributed by atoms with Crippen LogP contribution >= 0.6 is 27.5 Å². The standard InChI is InChI=1S/C16H15BrClN3O3/c1-9-7-11(3-5-13(9)17)19-10(2)16(22)20-15-6-4-12(21(23)24)8-14(15)18/h3-8,10,19H,1-2H3,(H,20,22). The van der Waals surface area contributed by atoms with Crippen LogP contribution in [0.25, 0.3) is 0 Å². The molecule has 1 unspecified atom stereocenters. The first kappa shape index (κ1) is 18.2. The average Bonchev–Trinajstić information content (AvgIpc) is 2.52. The second-order valence-corrected chi connectivity index (χ2v) is 6.50. The maximum absolute atomic E-state index is 12.3. The van der Waals surface area contributed by atoms with Crippen LogP contribution < -0.4 is 10.6 Å². The summed E-state index contributed by atoms with van der Waals surface area (Å²) < 4.78 is 0.989. The molecule has 2 rings (SSSR count). The fourth-order valence-electron chi connectivity index (χ4n) is 2.01. The molecule has 0 saturated heterocycles. The lowest BCUT2D eigenvalue weighted by Crippen LogP contribution is -2.32. The number of anilines is 2. The molecule has 6 nitrogen and oxygen atoms in total. The SMILES string of the molecule is Cc1cc(NC(C)C(=O)Nc2ccc([N+](=O)[O-])cc2Cl)ccc1Br. The van der Waals surface area contributed by atoms with Crippen LogP contribution in [0, 0.1) is 17.0 Å². The molecule has 0 heterocycles. The molecule has 1 atom stereocenters. The van der Waals surface area contributed by atoms with Gasteiger partial charge in [0.05, 0.1) is 15.6 Å². The average molecular weight is 413 g/mol. The predicted octanol–water partition coefficient (Wildman–Crippen LogP) is 4.76. The number of amides is 1.